The second-order valence-electron chi connectivity index (χ2n) is 1.47. The summed E-state index contributed by atoms with van der Waals surface area (Å²) in [5.74, 6) is 0. The Morgan fingerprint density at radius 2 is 2.67 bits per heavy atom. The first-order valence-electron chi connectivity index (χ1n) is 2.46. The predicted octanol–water partition coefficient (Wildman–Crippen LogP) is 0.644. The second-order valence-corrected chi connectivity index (χ2v) is 2.29. The number of aliphatic hydroxyl groups is 1. The Labute approximate surface area is 56.9 Å². The molecule has 0 aliphatic heterocycles. The monoisotopic (exact) mass is 145 g/mol. The fraction of sp³-hybridized carbons (Fsp3) is 0.400. The molecule has 0 atom stereocenters. The summed E-state index contributed by atoms with van der Waals surface area (Å²) in [5, 5.41) is 10.9. The number of thiazole rings is 1. The number of methoxy groups -OCH3 is 1. The molecule has 1 aromatic rings. The van der Waals surface area contributed by atoms with E-state index in [9.17, 15) is 0 Å². The molecule has 3 nitrogen and oxygen atoms in total. The van der Waals surface area contributed by atoms with Crippen molar-refractivity contribution in [3.8, 4) is 5.19 Å². The molecule has 0 saturated carbocycles. The zero-order valence-corrected chi connectivity index (χ0v) is 5.81. The van der Waals surface area contributed by atoms with Gasteiger partial charge >= 0.3 is 0 Å². The number of hydrogen-bond donors (Lipinski definition) is 1. The van der Waals surface area contributed by atoms with Gasteiger partial charge in [0.05, 0.1) is 19.4 Å². The van der Waals surface area contributed by atoms with E-state index in [1.54, 1.807) is 12.5 Å². The Morgan fingerprint density at radius 3 is 3.00 bits per heavy atom. The lowest BCUT2D eigenvalue weighted by atomic mass is 10.5. The normalized spacial score (nSPS) is 9.56. The third kappa shape index (κ3) is 1.40. The van der Waals surface area contributed by atoms with Gasteiger partial charge < -0.3 is 9.84 Å². The largest absolute Gasteiger partial charge is 0.473 e. The SMILES string of the molecule is COc1nc(CO)cs1. The van der Waals surface area contributed by atoms with Crippen LogP contribution in [-0.4, -0.2) is 17.2 Å². The van der Waals surface area contributed by atoms with E-state index in [0.717, 1.165) is 0 Å². The van der Waals surface area contributed by atoms with Crippen molar-refractivity contribution >= 4 is 11.3 Å². The van der Waals surface area contributed by atoms with Crippen LogP contribution in [0.1, 0.15) is 5.69 Å². The molecular formula is C5H7NO2S. The maximum Gasteiger partial charge on any atom is 0.273 e. The number of nitrogens with zero attached hydrogens (tertiary/aromatic N) is 1. The van der Waals surface area contributed by atoms with Gasteiger partial charge in [-0.3, -0.25) is 0 Å². The fourth-order valence-corrected chi connectivity index (χ4v) is 1.09. The molecule has 9 heavy (non-hydrogen) atoms. The van der Waals surface area contributed by atoms with Gasteiger partial charge in [0.15, 0.2) is 0 Å². The summed E-state index contributed by atoms with van der Waals surface area (Å²) >= 11 is 1.38. The molecule has 0 fully saturated rings. The van der Waals surface area contributed by atoms with Crippen molar-refractivity contribution in [2.45, 2.75) is 6.61 Å². The first-order valence-corrected chi connectivity index (χ1v) is 3.34. The summed E-state index contributed by atoms with van der Waals surface area (Å²) in [4.78, 5) is 3.89. The maximum absolute atomic E-state index is 8.54. The van der Waals surface area contributed by atoms with Gasteiger partial charge in [0.25, 0.3) is 5.19 Å². The third-order valence-corrected chi connectivity index (χ3v) is 1.72. The van der Waals surface area contributed by atoms with Crippen LogP contribution in [0.2, 0.25) is 0 Å². The van der Waals surface area contributed by atoms with Crippen molar-refractivity contribution in [3.05, 3.63) is 11.1 Å². The Kier molecular flexibility index (Phi) is 2.02. The smallest absolute Gasteiger partial charge is 0.273 e. The van der Waals surface area contributed by atoms with Gasteiger partial charge in [-0.2, -0.15) is 0 Å². The quantitative estimate of drug-likeness (QED) is 0.664. The highest BCUT2D eigenvalue weighted by molar-refractivity contribution is 7.11. The number of ether oxygens (including phenoxy) is 1. The van der Waals surface area contributed by atoms with Gasteiger partial charge in [0.1, 0.15) is 0 Å². The van der Waals surface area contributed by atoms with Gasteiger partial charge in [0.2, 0.25) is 0 Å². The van der Waals surface area contributed by atoms with Gasteiger partial charge in [-0.15, -0.1) is 0 Å². The number of aliphatic hydroxyl groups excluding tert-OH is 1. The minimum Gasteiger partial charge on any atom is -0.473 e. The Balaban J connectivity index is 2.74. The molecule has 0 aliphatic carbocycles. The molecular weight excluding hydrogens is 138 g/mol. The van der Waals surface area contributed by atoms with Crippen LogP contribution in [-0.2, 0) is 6.61 Å². The second kappa shape index (κ2) is 2.80. The van der Waals surface area contributed by atoms with E-state index in [1.807, 2.05) is 0 Å². The van der Waals surface area contributed by atoms with Gasteiger partial charge in [-0.05, 0) is 0 Å². The molecule has 1 rings (SSSR count). The van der Waals surface area contributed by atoms with Crippen molar-refractivity contribution in [3.63, 3.8) is 0 Å². The average Bonchev–Trinajstić information content (AvgIpc) is 2.34. The highest BCUT2D eigenvalue weighted by Gasteiger charge is 1.97. The molecule has 0 spiro atoms. The number of rotatable bonds is 2. The standard InChI is InChI=1S/C5H7NO2S/c1-8-5-6-4(2-7)3-9-5/h3,7H,2H2,1H3. The molecule has 0 saturated heterocycles. The van der Waals surface area contributed by atoms with Gasteiger partial charge in [-0.25, -0.2) is 4.98 Å². The fourth-order valence-electron chi connectivity index (χ4n) is 0.455. The zero-order valence-electron chi connectivity index (χ0n) is 5.00. The molecule has 0 unspecified atom stereocenters. The first kappa shape index (κ1) is 6.51. The van der Waals surface area contributed by atoms with E-state index in [1.165, 1.54) is 11.3 Å². The van der Waals surface area contributed by atoms with Gasteiger partial charge in [0, 0.05) is 5.38 Å². The number of hydrogen-bond acceptors (Lipinski definition) is 4. The summed E-state index contributed by atoms with van der Waals surface area (Å²) in [7, 11) is 1.56. The van der Waals surface area contributed by atoms with Crippen LogP contribution < -0.4 is 4.74 Å². The van der Waals surface area contributed by atoms with Crippen molar-refractivity contribution in [2.24, 2.45) is 0 Å². The summed E-state index contributed by atoms with van der Waals surface area (Å²) in [6.45, 7) is -0.0140. The lowest BCUT2D eigenvalue weighted by Crippen LogP contribution is -1.83. The lowest BCUT2D eigenvalue weighted by Gasteiger charge is -1.86. The molecule has 1 aromatic heterocycles. The Morgan fingerprint density at radius 1 is 1.89 bits per heavy atom. The average molecular weight is 145 g/mol. The third-order valence-electron chi connectivity index (χ3n) is 0.867. The molecule has 1 N–H and O–H groups in total. The highest BCUT2D eigenvalue weighted by Crippen LogP contribution is 2.16. The Bertz CT molecular complexity index is 168. The molecule has 0 bridgehead atoms. The molecule has 0 amide bonds. The predicted molar refractivity (Wildman–Crippen MR) is 34.6 cm³/mol. The van der Waals surface area contributed by atoms with E-state index in [4.69, 9.17) is 9.84 Å². The van der Waals surface area contributed by atoms with E-state index >= 15 is 0 Å². The van der Waals surface area contributed by atoms with Crippen LogP contribution in [0.4, 0.5) is 0 Å². The minimum atomic E-state index is -0.0140. The van der Waals surface area contributed by atoms with Gasteiger partial charge in [-0.1, -0.05) is 11.3 Å². The van der Waals surface area contributed by atoms with Crippen LogP contribution in [0.5, 0.6) is 5.19 Å². The summed E-state index contributed by atoms with van der Waals surface area (Å²) in [5.41, 5.74) is 0.664. The van der Waals surface area contributed by atoms with Crippen LogP contribution >= 0.6 is 11.3 Å². The lowest BCUT2D eigenvalue weighted by molar-refractivity contribution is 0.276. The summed E-state index contributed by atoms with van der Waals surface area (Å²) in [6, 6.07) is 0. The Hall–Kier alpha value is -0.610. The van der Waals surface area contributed by atoms with Crippen molar-refractivity contribution in [1.29, 1.82) is 0 Å². The topological polar surface area (TPSA) is 42.4 Å². The zero-order chi connectivity index (χ0) is 6.69. The molecule has 0 aliphatic rings. The maximum atomic E-state index is 8.54. The van der Waals surface area contributed by atoms with E-state index in [2.05, 4.69) is 4.98 Å². The van der Waals surface area contributed by atoms with Crippen molar-refractivity contribution in [2.75, 3.05) is 7.11 Å². The van der Waals surface area contributed by atoms with Crippen molar-refractivity contribution in [1.82, 2.24) is 4.98 Å². The summed E-state index contributed by atoms with van der Waals surface area (Å²) < 4.78 is 4.79. The highest BCUT2D eigenvalue weighted by atomic mass is 32.1. The minimum absolute atomic E-state index is 0.0140. The van der Waals surface area contributed by atoms with Crippen LogP contribution in [0, 0.1) is 0 Å². The van der Waals surface area contributed by atoms with Crippen molar-refractivity contribution < 1.29 is 9.84 Å². The molecule has 50 valence electrons. The number of aromatic nitrogens is 1. The van der Waals surface area contributed by atoms with Crippen LogP contribution in [0.15, 0.2) is 5.38 Å². The molecule has 0 radical (unpaired) electrons. The van der Waals surface area contributed by atoms with E-state index < -0.39 is 0 Å². The van der Waals surface area contributed by atoms with E-state index in [-0.39, 0.29) is 6.61 Å². The molecule has 0 aromatic carbocycles. The summed E-state index contributed by atoms with van der Waals surface area (Å²) in [6.07, 6.45) is 0. The van der Waals surface area contributed by atoms with Crippen LogP contribution in [0.3, 0.4) is 0 Å². The molecule has 4 heteroatoms. The molecule has 1 heterocycles. The van der Waals surface area contributed by atoms with Crippen LogP contribution in [0.25, 0.3) is 0 Å². The first-order chi connectivity index (χ1) is 4.36. The van der Waals surface area contributed by atoms with E-state index in [0.29, 0.717) is 10.9 Å².